The Hall–Kier alpha value is -1.70. The van der Waals surface area contributed by atoms with Gasteiger partial charge in [0.1, 0.15) is 0 Å². The summed E-state index contributed by atoms with van der Waals surface area (Å²) < 4.78 is 16.7. The Morgan fingerprint density at radius 3 is 2.50 bits per heavy atom. The summed E-state index contributed by atoms with van der Waals surface area (Å²) >= 11 is 0. The second-order valence-corrected chi connectivity index (χ2v) is 7.04. The number of rotatable bonds is 7. The zero-order chi connectivity index (χ0) is 17.0. The van der Waals surface area contributed by atoms with Gasteiger partial charge in [0.25, 0.3) is 0 Å². The van der Waals surface area contributed by atoms with Gasteiger partial charge in [-0.15, -0.1) is 0 Å². The van der Waals surface area contributed by atoms with E-state index in [1.54, 1.807) is 6.08 Å². The van der Waals surface area contributed by atoms with Crippen molar-refractivity contribution in [2.45, 2.75) is 36.9 Å². The van der Waals surface area contributed by atoms with Gasteiger partial charge >= 0.3 is 19.5 Å². The molecule has 1 amide bonds. The minimum Gasteiger partial charge on any atom is -0.481 e. The molecule has 1 aliphatic carbocycles. The number of amides is 1. The fourth-order valence-electron chi connectivity index (χ4n) is 2.32. The van der Waals surface area contributed by atoms with Gasteiger partial charge in [0.05, 0.1) is 12.5 Å². The molecule has 0 bridgehead atoms. The van der Waals surface area contributed by atoms with E-state index in [9.17, 15) is 28.9 Å². The van der Waals surface area contributed by atoms with E-state index >= 15 is 0 Å². The molecular weight excluding hydrogens is 317 g/mol. The van der Waals surface area contributed by atoms with Crippen molar-refractivity contribution < 1.29 is 38.6 Å². The van der Waals surface area contributed by atoms with Crippen LogP contribution >= 0.6 is 7.60 Å². The molecule has 0 spiro atoms. The van der Waals surface area contributed by atoms with E-state index in [0.29, 0.717) is 0 Å². The Morgan fingerprint density at radius 1 is 1.36 bits per heavy atom. The van der Waals surface area contributed by atoms with Crippen LogP contribution in [0.15, 0.2) is 12.2 Å². The van der Waals surface area contributed by atoms with Crippen molar-refractivity contribution in [3.05, 3.63) is 12.2 Å². The largest absolute Gasteiger partial charge is 0.481 e. The number of carboxylic acid groups (broad SMARTS) is 2. The second kappa shape index (κ2) is 7.04. The van der Waals surface area contributed by atoms with Crippen LogP contribution in [0.4, 0.5) is 0 Å². The molecule has 124 valence electrons. The average Bonchev–Trinajstić information content (AvgIpc) is 2.45. The van der Waals surface area contributed by atoms with E-state index in [0.717, 1.165) is 7.11 Å². The monoisotopic (exact) mass is 335 g/mol. The summed E-state index contributed by atoms with van der Waals surface area (Å²) in [5.41, 5.74) is 0. The predicted molar refractivity (Wildman–Crippen MR) is 74.4 cm³/mol. The number of carbonyl (C=O) groups excluding carboxylic acids is 1. The quantitative estimate of drug-likeness (QED) is 0.384. The van der Waals surface area contributed by atoms with E-state index < -0.39 is 43.1 Å². The lowest BCUT2D eigenvalue weighted by molar-refractivity contribution is -0.142. The van der Waals surface area contributed by atoms with Gasteiger partial charge in [0.15, 0.2) is 5.16 Å². The molecule has 22 heavy (non-hydrogen) atoms. The number of nitrogens with one attached hydrogen (secondary N) is 1. The lowest BCUT2D eigenvalue weighted by Crippen LogP contribution is -2.57. The van der Waals surface area contributed by atoms with Crippen LogP contribution in [0.2, 0.25) is 0 Å². The maximum atomic E-state index is 12.2. The van der Waals surface area contributed by atoms with Crippen LogP contribution < -0.4 is 5.32 Å². The number of allylic oxidation sites excluding steroid dienone is 1. The number of carboxylic acids is 2. The van der Waals surface area contributed by atoms with Gasteiger partial charge in [-0.1, -0.05) is 12.2 Å². The number of aliphatic carboxylic acids is 2. The molecule has 1 aliphatic rings. The number of carbonyl (C=O) groups is 3. The summed E-state index contributed by atoms with van der Waals surface area (Å²) in [5.74, 6) is -3.46. The molecule has 0 aliphatic heterocycles. The Kier molecular flexibility index (Phi) is 5.87. The van der Waals surface area contributed by atoms with Crippen molar-refractivity contribution in [2.24, 2.45) is 0 Å². The third kappa shape index (κ3) is 3.55. The first kappa shape index (κ1) is 18.3. The van der Waals surface area contributed by atoms with E-state index in [1.165, 1.54) is 6.08 Å². The van der Waals surface area contributed by atoms with Crippen molar-refractivity contribution in [3.8, 4) is 0 Å². The molecular formula is C12H18NO8P. The third-order valence-corrected chi connectivity index (χ3v) is 5.74. The molecule has 1 rings (SSSR count). The molecule has 1 unspecified atom stereocenters. The Balaban J connectivity index is 3.07. The van der Waals surface area contributed by atoms with Crippen LogP contribution in [0, 0.1) is 0 Å². The van der Waals surface area contributed by atoms with Crippen LogP contribution in [-0.2, 0) is 23.5 Å². The molecule has 4 N–H and O–H groups in total. The second-order valence-electron chi connectivity index (χ2n) is 4.84. The number of hydrogen-bond acceptors (Lipinski definition) is 5. The minimum absolute atomic E-state index is 0.190. The summed E-state index contributed by atoms with van der Waals surface area (Å²) in [6.45, 7) is 0. The SMILES string of the molecule is COP(=O)(O)[C@@]1(C(=O)O)CCC=C[C@@H]1NC(=O)CCC(=O)O. The maximum absolute atomic E-state index is 12.2. The zero-order valence-corrected chi connectivity index (χ0v) is 12.8. The lowest BCUT2D eigenvalue weighted by atomic mass is 9.88. The number of hydrogen-bond donors (Lipinski definition) is 4. The van der Waals surface area contributed by atoms with Gasteiger partial charge in [0, 0.05) is 13.5 Å². The van der Waals surface area contributed by atoms with Gasteiger partial charge in [0.2, 0.25) is 5.91 Å². The van der Waals surface area contributed by atoms with Gasteiger partial charge in [-0.05, 0) is 12.8 Å². The van der Waals surface area contributed by atoms with Gasteiger partial charge in [-0.25, -0.2) is 0 Å². The molecule has 0 radical (unpaired) electrons. The first-order chi connectivity index (χ1) is 10.2. The molecule has 0 aromatic rings. The molecule has 9 nitrogen and oxygen atoms in total. The highest BCUT2D eigenvalue weighted by Gasteiger charge is 2.60. The first-order valence-corrected chi connectivity index (χ1v) is 8.05. The fourth-order valence-corrected chi connectivity index (χ4v) is 3.81. The van der Waals surface area contributed by atoms with Crippen LogP contribution in [0.25, 0.3) is 0 Å². The standard InChI is InChI=1S/C12H18NO8P/c1-21-22(19,20)12(11(17)18)7-3-2-4-8(12)13-9(14)5-6-10(15)16/h2,4,8H,3,5-7H2,1H3,(H,13,14)(H,15,16)(H,17,18)(H,19,20)/t8-,12-/m0/s1. The average molecular weight is 335 g/mol. The van der Waals surface area contributed by atoms with Gasteiger partial charge < -0.3 is 24.9 Å². The highest BCUT2D eigenvalue weighted by molar-refractivity contribution is 7.56. The van der Waals surface area contributed by atoms with Gasteiger partial charge in [-0.2, -0.15) is 0 Å². The minimum atomic E-state index is -4.57. The topological polar surface area (TPSA) is 150 Å². The molecule has 3 atom stereocenters. The summed E-state index contributed by atoms with van der Waals surface area (Å²) in [6, 6.07) is -1.27. The summed E-state index contributed by atoms with van der Waals surface area (Å²) in [4.78, 5) is 43.8. The molecule has 0 aromatic carbocycles. The van der Waals surface area contributed by atoms with E-state index in [2.05, 4.69) is 9.84 Å². The molecule has 0 saturated carbocycles. The molecule has 0 heterocycles. The van der Waals surface area contributed by atoms with Crippen molar-refractivity contribution >= 4 is 25.4 Å². The van der Waals surface area contributed by atoms with Crippen LogP contribution in [0.3, 0.4) is 0 Å². The highest BCUT2D eigenvalue weighted by Crippen LogP contribution is 2.60. The molecule has 10 heteroatoms. The van der Waals surface area contributed by atoms with Crippen molar-refractivity contribution in [1.29, 1.82) is 0 Å². The van der Waals surface area contributed by atoms with Crippen LogP contribution in [-0.4, -0.2) is 51.3 Å². The lowest BCUT2D eigenvalue weighted by Gasteiger charge is -2.39. The van der Waals surface area contributed by atoms with E-state index in [1.807, 2.05) is 0 Å². The first-order valence-electron chi connectivity index (χ1n) is 6.47. The predicted octanol–water partition coefficient (Wildman–Crippen LogP) is 0.341. The summed E-state index contributed by atoms with van der Waals surface area (Å²) in [7, 11) is -3.64. The Labute approximate surface area is 126 Å². The van der Waals surface area contributed by atoms with Crippen molar-refractivity contribution in [2.75, 3.05) is 7.11 Å². The fraction of sp³-hybridized carbons (Fsp3) is 0.583. The van der Waals surface area contributed by atoms with E-state index in [4.69, 9.17) is 5.11 Å². The summed E-state index contributed by atoms with van der Waals surface area (Å²) in [5, 5.41) is 18.1. The highest BCUT2D eigenvalue weighted by atomic mass is 31.2. The Bertz CT molecular complexity index is 545. The van der Waals surface area contributed by atoms with Crippen molar-refractivity contribution in [1.82, 2.24) is 5.32 Å². The normalized spacial score (nSPS) is 26.9. The van der Waals surface area contributed by atoms with Crippen LogP contribution in [0.5, 0.6) is 0 Å². The smallest absolute Gasteiger partial charge is 0.347 e. The Morgan fingerprint density at radius 2 is 2.00 bits per heavy atom. The van der Waals surface area contributed by atoms with Gasteiger partial charge in [-0.3, -0.25) is 18.9 Å². The van der Waals surface area contributed by atoms with Crippen LogP contribution in [0.1, 0.15) is 25.7 Å². The maximum Gasteiger partial charge on any atom is 0.347 e. The summed E-state index contributed by atoms with van der Waals surface area (Å²) in [6.07, 6.45) is 2.16. The third-order valence-electron chi connectivity index (χ3n) is 3.54. The van der Waals surface area contributed by atoms with E-state index in [-0.39, 0.29) is 19.3 Å². The zero-order valence-electron chi connectivity index (χ0n) is 11.9. The van der Waals surface area contributed by atoms with Crippen molar-refractivity contribution in [3.63, 3.8) is 0 Å². The molecule has 0 fully saturated rings. The molecule has 0 saturated heterocycles. The molecule has 0 aromatic heterocycles.